The molecule has 0 saturated heterocycles. The molecule has 0 atom stereocenters. The molecule has 6 nitrogen and oxygen atoms in total. The fraction of sp³-hybridized carbons (Fsp3) is 0.471. The lowest BCUT2D eigenvalue weighted by Gasteiger charge is -2.22. The number of methoxy groups -OCH3 is 1. The summed E-state index contributed by atoms with van der Waals surface area (Å²) in [6.07, 6.45) is 4.27. The van der Waals surface area contributed by atoms with E-state index in [4.69, 9.17) is 0 Å². The molecule has 1 fully saturated rings. The van der Waals surface area contributed by atoms with Crippen LogP contribution >= 0.6 is 0 Å². The zero-order chi connectivity index (χ0) is 16.8. The molecule has 1 aromatic carbocycles. The third kappa shape index (κ3) is 4.55. The molecule has 0 unspecified atom stereocenters. The van der Waals surface area contributed by atoms with E-state index in [9.17, 15) is 14.4 Å². The van der Waals surface area contributed by atoms with Gasteiger partial charge in [-0.2, -0.15) is 0 Å². The molecule has 0 spiro atoms. The minimum Gasteiger partial charge on any atom is -0.465 e. The Labute approximate surface area is 135 Å². The third-order valence-electron chi connectivity index (χ3n) is 4.00. The van der Waals surface area contributed by atoms with Gasteiger partial charge in [0.15, 0.2) is 0 Å². The van der Waals surface area contributed by atoms with Gasteiger partial charge in [0, 0.05) is 18.7 Å². The van der Waals surface area contributed by atoms with Crippen molar-refractivity contribution in [3.05, 3.63) is 29.8 Å². The van der Waals surface area contributed by atoms with Gasteiger partial charge in [-0.25, -0.2) is 4.79 Å². The predicted molar refractivity (Wildman–Crippen MR) is 86.2 cm³/mol. The summed E-state index contributed by atoms with van der Waals surface area (Å²) in [6, 6.07) is 6.64. The molecule has 2 amide bonds. The number of anilines is 1. The molecule has 1 aliphatic carbocycles. The minimum absolute atomic E-state index is 0.0244. The van der Waals surface area contributed by atoms with Crippen molar-refractivity contribution in [2.45, 2.75) is 38.6 Å². The van der Waals surface area contributed by atoms with Crippen molar-refractivity contribution in [3.63, 3.8) is 0 Å². The minimum atomic E-state index is -0.440. The van der Waals surface area contributed by atoms with Crippen LogP contribution in [0.2, 0.25) is 0 Å². The SMILES string of the molecule is COC(=O)c1ccc(N(CC(=O)NC2CCCC2)C(C)=O)cc1. The predicted octanol–water partition coefficient (Wildman–Crippen LogP) is 1.88. The number of carbonyl (C=O) groups is 3. The normalized spacial score (nSPS) is 14.3. The van der Waals surface area contributed by atoms with Crippen molar-refractivity contribution in [2.24, 2.45) is 0 Å². The first-order valence-electron chi connectivity index (χ1n) is 7.77. The molecular formula is C17H22N2O4. The number of carbonyl (C=O) groups excluding carboxylic acids is 3. The topological polar surface area (TPSA) is 75.7 Å². The summed E-state index contributed by atoms with van der Waals surface area (Å²) in [5.41, 5.74) is 0.974. The van der Waals surface area contributed by atoms with Gasteiger partial charge < -0.3 is 15.0 Å². The second-order valence-electron chi connectivity index (χ2n) is 5.69. The van der Waals surface area contributed by atoms with Gasteiger partial charge in [-0.1, -0.05) is 12.8 Å². The summed E-state index contributed by atoms with van der Waals surface area (Å²) in [5, 5.41) is 2.97. The zero-order valence-corrected chi connectivity index (χ0v) is 13.5. The number of nitrogens with zero attached hydrogens (tertiary/aromatic N) is 1. The van der Waals surface area contributed by atoms with E-state index in [-0.39, 0.29) is 24.4 Å². The van der Waals surface area contributed by atoms with Crippen molar-refractivity contribution in [3.8, 4) is 0 Å². The monoisotopic (exact) mass is 318 g/mol. The summed E-state index contributed by atoms with van der Waals surface area (Å²) in [6.45, 7) is 1.39. The maximum Gasteiger partial charge on any atom is 0.337 e. The van der Waals surface area contributed by atoms with Crippen LogP contribution in [-0.2, 0) is 14.3 Å². The molecule has 124 valence electrons. The van der Waals surface area contributed by atoms with Crippen molar-refractivity contribution < 1.29 is 19.1 Å². The van der Waals surface area contributed by atoms with E-state index in [1.165, 1.54) is 18.9 Å². The van der Waals surface area contributed by atoms with E-state index in [0.717, 1.165) is 25.7 Å². The van der Waals surface area contributed by atoms with Gasteiger partial charge in [0.1, 0.15) is 6.54 Å². The van der Waals surface area contributed by atoms with Crippen molar-refractivity contribution in [1.82, 2.24) is 5.32 Å². The Kier molecular flexibility index (Phi) is 5.73. The van der Waals surface area contributed by atoms with E-state index < -0.39 is 5.97 Å². The standard InChI is InChI=1S/C17H22N2O4/c1-12(20)19(11-16(21)18-14-5-3-4-6-14)15-9-7-13(8-10-15)17(22)23-2/h7-10,14H,3-6,11H2,1-2H3,(H,18,21). The number of esters is 1. The highest BCUT2D eigenvalue weighted by atomic mass is 16.5. The largest absolute Gasteiger partial charge is 0.465 e. The molecule has 0 aromatic heterocycles. The average Bonchev–Trinajstić information content (AvgIpc) is 3.04. The molecular weight excluding hydrogens is 296 g/mol. The van der Waals surface area contributed by atoms with Crippen LogP contribution < -0.4 is 10.2 Å². The first-order chi connectivity index (χ1) is 11.0. The van der Waals surface area contributed by atoms with E-state index >= 15 is 0 Å². The van der Waals surface area contributed by atoms with Gasteiger partial charge in [-0.3, -0.25) is 9.59 Å². The number of benzene rings is 1. The summed E-state index contributed by atoms with van der Waals surface area (Å²) >= 11 is 0. The zero-order valence-electron chi connectivity index (χ0n) is 13.5. The lowest BCUT2D eigenvalue weighted by Crippen LogP contribution is -2.43. The van der Waals surface area contributed by atoms with Gasteiger partial charge >= 0.3 is 5.97 Å². The van der Waals surface area contributed by atoms with Crippen LogP contribution in [0.1, 0.15) is 43.0 Å². The van der Waals surface area contributed by atoms with Crippen LogP contribution in [0, 0.1) is 0 Å². The smallest absolute Gasteiger partial charge is 0.337 e. The highest BCUT2D eigenvalue weighted by Crippen LogP contribution is 2.19. The first kappa shape index (κ1) is 17.0. The lowest BCUT2D eigenvalue weighted by molar-refractivity contribution is -0.123. The van der Waals surface area contributed by atoms with Gasteiger partial charge in [0.25, 0.3) is 0 Å². The summed E-state index contributed by atoms with van der Waals surface area (Å²) < 4.78 is 4.64. The van der Waals surface area contributed by atoms with Crippen molar-refractivity contribution >= 4 is 23.5 Å². The van der Waals surface area contributed by atoms with Crippen LogP contribution in [0.25, 0.3) is 0 Å². The maximum atomic E-state index is 12.1. The van der Waals surface area contributed by atoms with Crippen LogP contribution in [0.4, 0.5) is 5.69 Å². The Morgan fingerprint density at radius 1 is 1.17 bits per heavy atom. The molecule has 1 aromatic rings. The van der Waals surface area contributed by atoms with Crippen molar-refractivity contribution in [1.29, 1.82) is 0 Å². The van der Waals surface area contributed by atoms with E-state index in [2.05, 4.69) is 10.1 Å². The van der Waals surface area contributed by atoms with Crippen LogP contribution in [0.5, 0.6) is 0 Å². The third-order valence-corrected chi connectivity index (χ3v) is 4.00. The first-order valence-corrected chi connectivity index (χ1v) is 7.77. The number of hydrogen-bond acceptors (Lipinski definition) is 4. The Morgan fingerprint density at radius 3 is 2.30 bits per heavy atom. The van der Waals surface area contributed by atoms with Gasteiger partial charge in [-0.05, 0) is 37.1 Å². The molecule has 1 aliphatic rings. The Balaban J connectivity index is 2.04. The molecule has 1 N–H and O–H groups in total. The van der Waals surface area contributed by atoms with Crippen LogP contribution in [0.15, 0.2) is 24.3 Å². The molecule has 2 rings (SSSR count). The summed E-state index contributed by atoms with van der Waals surface area (Å²) in [5.74, 6) is -0.827. The Bertz CT molecular complexity index is 577. The Morgan fingerprint density at radius 2 is 1.78 bits per heavy atom. The van der Waals surface area contributed by atoms with Crippen molar-refractivity contribution in [2.75, 3.05) is 18.6 Å². The number of hydrogen-bond donors (Lipinski definition) is 1. The molecule has 6 heteroatoms. The van der Waals surface area contributed by atoms with Gasteiger partial charge in [0.2, 0.25) is 11.8 Å². The molecule has 0 heterocycles. The van der Waals surface area contributed by atoms with Crippen LogP contribution in [0.3, 0.4) is 0 Å². The van der Waals surface area contributed by atoms with Gasteiger partial charge in [0.05, 0.1) is 12.7 Å². The fourth-order valence-corrected chi connectivity index (χ4v) is 2.77. The number of rotatable bonds is 5. The molecule has 0 aliphatic heterocycles. The van der Waals surface area contributed by atoms with E-state index in [0.29, 0.717) is 11.3 Å². The van der Waals surface area contributed by atoms with E-state index in [1.807, 2.05) is 0 Å². The fourth-order valence-electron chi connectivity index (χ4n) is 2.77. The second-order valence-corrected chi connectivity index (χ2v) is 5.69. The molecule has 0 bridgehead atoms. The highest BCUT2D eigenvalue weighted by molar-refractivity contribution is 5.98. The van der Waals surface area contributed by atoms with Crippen LogP contribution in [-0.4, -0.2) is 37.5 Å². The van der Waals surface area contributed by atoms with E-state index in [1.54, 1.807) is 24.3 Å². The molecule has 23 heavy (non-hydrogen) atoms. The lowest BCUT2D eigenvalue weighted by atomic mass is 10.2. The molecule has 0 radical (unpaired) electrons. The second kappa shape index (κ2) is 7.76. The quantitative estimate of drug-likeness (QED) is 0.841. The number of nitrogens with one attached hydrogen (secondary N) is 1. The highest BCUT2D eigenvalue weighted by Gasteiger charge is 2.21. The average molecular weight is 318 g/mol. The number of amides is 2. The maximum absolute atomic E-state index is 12.1. The number of ether oxygens (including phenoxy) is 1. The summed E-state index contributed by atoms with van der Waals surface area (Å²) in [7, 11) is 1.31. The summed E-state index contributed by atoms with van der Waals surface area (Å²) in [4.78, 5) is 36.8. The Hall–Kier alpha value is -2.37. The van der Waals surface area contributed by atoms with Gasteiger partial charge in [-0.15, -0.1) is 0 Å². The molecule has 1 saturated carbocycles.